The molecule has 0 spiro atoms. The zero-order chi connectivity index (χ0) is 31.0. The predicted molar refractivity (Wildman–Crippen MR) is 169 cm³/mol. The Kier molecular flexibility index (Phi) is 10.7. The van der Waals surface area contributed by atoms with E-state index >= 15 is 0 Å². The summed E-state index contributed by atoms with van der Waals surface area (Å²) >= 11 is 12.7. The van der Waals surface area contributed by atoms with E-state index in [1.54, 1.807) is 42.5 Å². The summed E-state index contributed by atoms with van der Waals surface area (Å²) in [5, 5.41) is 2.98. The largest absolute Gasteiger partial charge is 0.497 e. The maximum absolute atomic E-state index is 14.3. The van der Waals surface area contributed by atoms with Crippen molar-refractivity contribution in [3.8, 4) is 5.75 Å². The Morgan fingerprint density at radius 1 is 0.860 bits per heavy atom. The van der Waals surface area contributed by atoms with Gasteiger partial charge in [-0.3, -0.25) is 13.9 Å². The summed E-state index contributed by atoms with van der Waals surface area (Å²) in [4.78, 5) is 29.0. The van der Waals surface area contributed by atoms with Crippen LogP contribution >= 0.6 is 23.2 Å². The van der Waals surface area contributed by atoms with Gasteiger partial charge in [-0.25, -0.2) is 8.42 Å². The molecule has 1 N–H and O–H groups in total. The average Bonchev–Trinajstić information content (AvgIpc) is 3.03. The molecule has 4 aromatic carbocycles. The fourth-order valence-electron chi connectivity index (χ4n) is 4.60. The van der Waals surface area contributed by atoms with Crippen LogP contribution in [0.15, 0.2) is 108 Å². The summed E-state index contributed by atoms with van der Waals surface area (Å²) in [5.74, 6) is -0.454. The molecule has 1 atom stereocenters. The van der Waals surface area contributed by atoms with Gasteiger partial charge in [-0.15, -0.1) is 0 Å². The number of hydrogen-bond acceptors (Lipinski definition) is 5. The van der Waals surface area contributed by atoms with Crippen LogP contribution in [-0.2, 0) is 32.6 Å². The van der Waals surface area contributed by atoms with Crippen LogP contribution in [0.4, 0.5) is 5.69 Å². The molecule has 4 aromatic rings. The van der Waals surface area contributed by atoms with Crippen molar-refractivity contribution in [2.75, 3.05) is 25.0 Å². The van der Waals surface area contributed by atoms with Crippen molar-refractivity contribution in [2.45, 2.75) is 23.9 Å². The van der Waals surface area contributed by atoms with Crippen LogP contribution in [0.2, 0.25) is 10.0 Å². The molecule has 224 valence electrons. The van der Waals surface area contributed by atoms with Gasteiger partial charge in [0.25, 0.3) is 10.0 Å². The first-order valence-electron chi connectivity index (χ1n) is 13.3. The van der Waals surface area contributed by atoms with E-state index in [1.807, 2.05) is 30.3 Å². The molecule has 0 aliphatic heterocycles. The molecule has 0 heterocycles. The normalized spacial score (nSPS) is 11.8. The van der Waals surface area contributed by atoms with Gasteiger partial charge in [0.1, 0.15) is 18.3 Å². The quantitative estimate of drug-likeness (QED) is 0.218. The molecule has 0 saturated heterocycles. The Balaban J connectivity index is 1.82. The van der Waals surface area contributed by atoms with Crippen molar-refractivity contribution in [3.05, 3.63) is 124 Å². The van der Waals surface area contributed by atoms with Crippen molar-refractivity contribution >= 4 is 50.7 Å². The number of nitrogens with one attached hydrogen (secondary N) is 1. The number of ether oxygens (including phenoxy) is 1. The Bertz CT molecular complexity index is 1670. The summed E-state index contributed by atoms with van der Waals surface area (Å²) in [6.45, 7) is -0.646. The molecule has 43 heavy (non-hydrogen) atoms. The van der Waals surface area contributed by atoms with E-state index in [2.05, 4.69) is 5.32 Å². The van der Waals surface area contributed by atoms with Gasteiger partial charge in [-0.2, -0.15) is 0 Å². The molecule has 4 rings (SSSR count). The molecule has 2 amide bonds. The van der Waals surface area contributed by atoms with Crippen molar-refractivity contribution in [3.63, 3.8) is 0 Å². The Morgan fingerprint density at radius 3 is 2.16 bits per heavy atom. The number of carbonyl (C=O) groups is 2. The number of amides is 2. The molecular formula is C32H31Cl2N3O5S. The van der Waals surface area contributed by atoms with Crippen molar-refractivity contribution in [2.24, 2.45) is 0 Å². The molecule has 8 nitrogen and oxygen atoms in total. The van der Waals surface area contributed by atoms with Gasteiger partial charge < -0.3 is 15.0 Å². The number of likely N-dealkylation sites (N-methyl/N-ethyl adjacent to an activating group) is 1. The standard InChI is InChI=1S/C32H31Cl2N3O5S/c1-35-32(39)30(19-23-10-5-3-6-11-23)36(21-24-12-9-13-26(18-24)42-2)31(38)22-37(29-20-25(33)16-17-28(29)34)43(40,41)27-14-7-4-8-15-27/h3-18,20,30H,19,21-22H2,1-2H3,(H,35,39)/t30-/m1/s1. The third-order valence-electron chi connectivity index (χ3n) is 6.79. The highest BCUT2D eigenvalue weighted by Gasteiger charge is 2.35. The first-order valence-corrected chi connectivity index (χ1v) is 15.5. The Labute approximate surface area is 261 Å². The van der Waals surface area contributed by atoms with Crippen molar-refractivity contribution < 1.29 is 22.7 Å². The minimum absolute atomic E-state index is 0.00343. The minimum atomic E-state index is -4.29. The molecule has 0 aromatic heterocycles. The van der Waals surface area contributed by atoms with Crippen molar-refractivity contribution in [1.29, 1.82) is 0 Å². The lowest BCUT2D eigenvalue weighted by Crippen LogP contribution is -2.53. The Morgan fingerprint density at radius 2 is 1.51 bits per heavy atom. The van der Waals surface area contributed by atoms with Crippen LogP contribution < -0.4 is 14.4 Å². The summed E-state index contributed by atoms with van der Waals surface area (Å²) in [5.41, 5.74) is 1.55. The molecule has 0 unspecified atom stereocenters. The summed E-state index contributed by atoms with van der Waals surface area (Å²) in [6.07, 6.45) is 0.194. The average molecular weight is 641 g/mol. The number of hydrogen-bond donors (Lipinski definition) is 1. The SMILES string of the molecule is CNC(=O)[C@@H](Cc1ccccc1)N(Cc1cccc(OC)c1)C(=O)CN(c1cc(Cl)ccc1Cl)S(=O)(=O)c1ccccc1. The van der Waals surface area contributed by atoms with E-state index in [-0.39, 0.29) is 33.6 Å². The second-order valence-electron chi connectivity index (χ2n) is 9.61. The highest BCUT2D eigenvalue weighted by atomic mass is 35.5. The Hall–Kier alpha value is -4.05. The van der Waals surface area contributed by atoms with Crippen LogP contribution in [0.1, 0.15) is 11.1 Å². The first kappa shape index (κ1) is 31.9. The van der Waals surface area contributed by atoms with Gasteiger partial charge in [0, 0.05) is 25.0 Å². The van der Waals surface area contributed by atoms with Crippen LogP contribution in [0.3, 0.4) is 0 Å². The lowest BCUT2D eigenvalue weighted by atomic mass is 10.0. The monoisotopic (exact) mass is 639 g/mol. The second-order valence-corrected chi connectivity index (χ2v) is 12.3. The van der Waals surface area contributed by atoms with E-state index in [9.17, 15) is 18.0 Å². The second kappa shape index (κ2) is 14.4. The zero-order valence-corrected chi connectivity index (χ0v) is 25.9. The van der Waals surface area contributed by atoms with Gasteiger partial charge in [-0.05, 0) is 53.6 Å². The number of anilines is 1. The molecule has 0 aliphatic carbocycles. The van der Waals surface area contributed by atoms with Crippen LogP contribution in [0.25, 0.3) is 0 Å². The maximum atomic E-state index is 14.3. The van der Waals surface area contributed by atoms with Crippen LogP contribution in [0.5, 0.6) is 5.75 Å². The molecule has 0 aliphatic rings. The molecule has 11 heteroatoms. The summed E-state index contributed by atoms with van der Waals surface area (Å²) in [7, 11) is -1.27. The third-order valence-corrected chi connectivity index (χ3v) is 9.12. The van der Waals surface area contributed by atoms with Crippen molar-refractivity contribution in [1.82, 2.24) is 10.2 Å². The number of carbonyl (C=O) groups excluding carboxylic acids is 2. The minimum Gasteiger partial charge on any atom is -0.497 e. The topological polar surface area (TPSA) is 96.0 Å². The number of sulfonamides is 1. The fourth-order valence-corrected chi connectivity index (χ4v) is 6.48. The maximum Gasteiger partial charge on any atom is 0.264 e. The van der Waals surface area contributed by atoms with E-state index in [0.29, 0.717) is 11.3 Å². The third kappa shape index (κ3) is 7.87. The molecule has 0 fully saturated rings. The van der Waals surface area contributed by atoms with E-state index < -0.39 is 34.4 Å². The predicted octanol–water partition coefficient (Wildman–Crippen LogP) is 5.58. The number of halogens is 2. The van der Waals surface area contributed by atoms with Gasteiger partial charge >= 0.3 is 0 Å². The first-order chi connectivity index (χ1) is 20.6. The molecule has 0 bridgehead atoms. The smallest absolute Gasteiger partial charge is 0.264 e. The van der Waals surface area contributed by atoms with Gasteiger partial charge in [0.05, 0.1) is 22.7 Å². The van der Waals surface area contributed by atoms with Gasteiger partial charge in [0.15, 0.2) is 0 Å². The number of benzene rings is 4. The number of rotatable bonds is 12. The number of nitrogens with zero attached hydrogens (tertiary/aromatic N) is 2. The summed E-state index contributed by atoms with van der Waals surface area (Å²) < 4.78 is 34.3. The lowest BCUT2D eigenvalue weighted by molar-refractivity contribution is -0.139. The molecular weight excluding hydrogens is 609 g/mol. The van der Waals surface area contributed by atoms with Crippen LogP contribution in [-0.4, -0.2) is 51.9 Å². The lowest BCUT2D eigenvalue weighted by Gasteiger charge is -2.34. The highest BCUT2D eigenvalue weighted by Crippen LogP contribution is 2.33. The van der Waals surface area contributed by atoms with Gasteiger partial charge in [-0.1, -0.05) is 83.9 Å². The van der Waals surface area contributed by atoms with Crippen LogP contribution in [0, 0.1) is 0 Å². The highest BCUT2D eigenvalue weighted by molar-refractivity contribution is 7.92. The van der Waals surface area contributed by atoms with E-state index in [1.165, 1.54) is 49.4 Å². The summed E-state index contributed by atoms with van der Waals surface area (Å²) in [6, 6.07) is 27.5. The molecule has 0 radical (unpaired) electrons. The molecule has 0 saturated carbocycles. The van der Waals surface area contributed by atoms with E-state index in [4.69, 9.17) is 27.9 Å². The van der Waals surface area contributed by atoms with Gasteiger partial charge in [0.2, 0.25) is 11.8 Å². The zero-order valence-electron chi connectivity index (χ0n) is 23.6. The number of methoxy groups -OCH3 is 1. The fraction of sp³-hybridized carbons (Fsp3) is 0.188. The van der Waals surface area contributed by atoms with E-state index in [0.717, 1.165) is 9.87 Å².